The maximum absolute atomic E-state index is 5.49. The fourth-order valence-corrected chi connectivity index (χ4v) is 1.58. The first-order chi connectivity index (χ1) is 8.20. The predicted octanol–water partition coefficient (Wildman–Crippen LogP) is 2.68. The van der Waals surface area contributed by atoms with E-state index >= 15 is 0 Å². The number of ether oxygens (including phenoxy) is 1. The van der Waals surface area contributed by atoms with E-state index in [-0.39, 0.29) is 0 Å². The van der Waals surface area contributed by atoms with Crippen LogP contribution in [0.15, 0.2) is 18.5 Å². The number of rotatable bonds is 8. The van der Waals surface area contributed by atoms with Gasteiger partial charge in [0, 0.05) is 25.5 Å². The Morgan fingerprint density at radius 1 is 1.35 bits per heavy atom. The summed E-state index contributed by atoms with van der Waals surface area (Å²) in [6.07, 6.45) is 6.40. The van der Waals surface area contributed by atoms with Crippen molar-refractivity contribution in [3.63, 3.8) is 0 Å². The van der Waals surface area contributed by atoms with E-state index in [0.717, 1.165) is 32.5 Å². The van der Waals surface area contributed by atoms with Gasteiger partial charge in [0.1, 0.15) is 0 Å². The van der Waals surface area contributed by atoms with Crippen LogP contribution in [0.4, 0.5) is 0 Å². The van der Waals surface area contributed by atoms with Gasteiger partial charge in [0.15, 0.2) is 0 Å². The van der Waals surface area contributed by atoms with Crippen LogP contribution in [0.5, 0.6) is 0 Å². The Balaban J connectivity index is 2.03. The smallest absolute Gasteiger partial charge is 0.0518 e. The largest absolute Gasteiger partial charge is 0.379 e. The third kappa shape index (κ3) is 6.39. The number of pyridine rings is 1. The first kappa shape index (κ1) is 14.1. The Labute approximate surface area is 105 Å². The van der Waals surface area contributed by atoms with E-state index in [4.69, 9.17) is 4.74 Å². The van der Waals surface area contributed by atoms with Crippen molar-refractivity contribution < 1.29 is 4.74 Å². The first-order valence-corrected chi connectivity index (χ1v) is 6.42. The van der Waals surface area contributed by atoms with Crippen LogP contribution in [0, 0.1) is 6.92 Å². The molecule has 17 heavy (non-hydrogen) atoms. The monoisotopic (exact) mass is 236 g/mol. The van der Waals surface area contributed by atoms with Gasteiger partial charge in [0.05, 0.1) is 6.10 Å². The van der Waals surface area contributed by atoms with Crippen LogP contribution in [0.25, 0.3) is 0 Å². The van der Waals surface area contributed by atoms with E-state index in [1.165, 1.54) is 11.1 Å². The van der Waals surface area contributed by atoms with Gasteiger partial charge < -0.3 is 10.1 Å². The van der Waals surface area contributed by atoms with Gasteiger partial charge in [0.25, 0.3) is 0 Å². The van der Waals surface area contributed by atoms with E-state index in [1.54, 1.807) is 0 Å². The second kappa shape index (κ2) is 8.20. The minimum Gasteiger partial charge on any atom is -0.379 e. The number of aryl methyl sites for hydroxylation is 1. The topological polar surface area (TPSA) is 34.2 Å². The van der Waals surface area contributed by atoms with Crippen LogP contribution in [0.3, 0.4) is 0 Å². The minimum atomic E-state index is 0.348. The van der Waals surface area contributed by atoms with Gasteiger partial charge in [-0.15, -0.1) is 0 Å². The molecule has 1 aromatic rings. The van der Waals surface area contributed by atoms with Crippen molar-refractivity contribution in [2.75, 3.05) is 13.2 Å². The predicted molar refractivity (Wildman–Crippen MR) is 71.0 cm³/mol. The lowest BCUT2D eigenvalue weighted by Crippen LogP contribution is -2.16. The minimum absolute atomic E-state index is 0.348. The van der Waals surface area contributed by atoms with Gasteiger partial charge in [-0.05, 0) is 57.4 Å². The lowest BCUT2D eigenvalue weighted by molar-refractivity contribution is 0.0760. The molecular weight excluding hydrogens is 212 g/mol. The summed E-state index contributed by atoms with van der Waals surface area (Å²) < 4.78 is 5.49. The highest BCUT2D eigenvalue weighted by Gasteiger charge is 1.97. The van der Waals surface area contributed by atoms with Crippen molar-refractivity contribution >= 4 is 0 Å². The SMILES string of the molecule is Cc1ccncc1CNCCCCOC(C)C. The third-order valence-corrected chi connectivity index (χ3v) is 2.66. The molecule has 0 atom stereocenters. The lowest BCUT2D eigenvalue weighted by Gasteiger charge is -2.08. The molecule has 3 nitrogen and oxygen atoms in total. The zero-order valence-electron chi connectivity index (χ0n) is 11.2. The summed E-state index contributed by atoms with van der Waals surface area (Å²) in [5.41, 5.74) is 2.58. The van der Waals surface area contributed by atoms with Gasteiger partial charge in [-0.2, -0.15) is 0 Å². The molecule has 0 aromatic carbocycles. The van der Waals surface area contributed by atoms with E-state index in [9.17, 15) is 0 Å². The molecule has 3 heteroatoms. The summed E-state index contributed by atoms with van der Waals surface area (Å²) in [4.78, 5) is 4.13. The summed E-state index contributed by atoms with van der Waals surface area (Å²) in [6, 6.07) is 2.05. The molecule has 1 aromatic heterocycles. The molecule has 0 amide bonds. The first-order valence-electron chi connectivity index (χ1n) is 6.42. The van der Waals surface area contributed by atoms with Crippen LogP contribution in [0.2, 0.25) is 0 Å². The highest BCUT2D eigenvalue weighted by molar-refractivity contribution is 5.20. The number of unbranched alkanes of at least 4 members (excludes halogenated alkanes) is 1. The Morgan fingerprint density at radius 2 is 2.18 bits per heavy atom. The van der Waals surface area contributed by atoms with Crippen molar-refractivity contribution in [3.8, 4) is 0 Å². The Kier molecular flexibility index (Phi) is 6.82. The van der Waals surface area contributed by atoms with Crippen LogP contribution in [-0.4, -0.2) is 24.2 Å². The molecule has 0 bridgehead atoms. The molecule has 0 aliphatic carbocycles. The molecule has 1 heterocycles. The molecule has 0 radical (unpaired) electrons. The number of hydrogen-bond acceptors (Lipinski definition) is 3. The van der Waals surface area contributed by atoms with Crippen molar-refractivity contribution in [3.05, 3.63) is 29.6 Å². The molecule has 1 rings (SSSR count). The molecular formula is C14H24N2O. The Morgan fingerprint density at radius 3 is 2.88 bits per heavy atom. The summed E-state index contributed by atoms with van der Waals surface area (Å²) in [7, 11) is 0. The van der Waals surface area contributed by atoms with Crippen LogP contribution in [-0.2, 0) is 11.3 Å². The molecule has 1 N–H and O–H groups in total. The number of nitrogens with one attached hydrogen (secondary N) is 1. The van der Waals surface area contributed by atoms with Gasteiger partial charge in [-0.3, -0.25) is 4.98 Å². The molecule has 0 unspecified atom stereocenters. The fraction of sp³-hybridized carbons (Fsp3) is 0.643. The molecule has 0 fully saturated rings. The highest BCUT2D eigenvalue weighted by Crippen LogP contribution is 2.04. The zero-order chi connectivity index (χ0) is 12.5. The van der Waals surface area contributed by atoms with Crippen molar-refractivity contribution in [1.82, 2.24) is 10.3 Å². The van der Waals surface area contributed by atoms with Crippen molar-refractivity contribution in [1.29, 1.82) is 0 Å². The number of nitrogens with zero attached hydrogens (tertiary/aromatic N) is 1. The maximum atomic E-state index is 5.49. The second-order valence-corrected chi connectivity index (χ2v) is 4.61. The molecule has 0 saturated heterocycles. The molecule has 0 aliphatic heterocycles. The number of aromatic nitrogens is 1. The third-order valence-electron chi connectivity index (χ3n) is 2.66. The molecule has 0 aliphatic rings. The Bertz CT molecular complexity index is 313. The maximum Gasteiger partial charge on any atom is 0.0518 e. The fourth-order valence-electron chi connectivity index (χ4n) is 1.58. The molecule has 96 valence electrons. The van der Waals surface area contributed by atoms with Gasteiger partial charge in [-0.25, -0.2) is 0 Å². The summed E-state index contributed by atoms with van der Waals surface area (Å²) >= 11 is 0. The van der Waals surface area contributed by atoms with Gasteiger partial charge >= 0.3 is 0 Å². The lowest BCUT2D eigenvalue weighted by atomic mass is 10.1. The van der Waals surface area contributed by atoms with E-state index < -0.39 is 0 Å². The zero-order valence-corrected chi connectivity index (χ0v) is 11.2. The van der Waals surface area contributed by atoms with Gasteiger partial charge in [0.2, 0.25) is 0 Å². The normalized spacial score (nSPS) is 11.1. The van der Waals surface area contributed by atoms with Crippen LogP contribution in [0.1, 0.15) is 37.8 Å². The summed E-state index contributed by atoms with van der Waals surface area (Å²) in [6.45, 7) is 9.08. The number of hydrogen-bond donors (Lipinski definition) is 1. The highest BCUT2D eigenvalue weighted by atomic mass is 16.5. The molecule has 0 saturated carbocycles. The van der Waals surface area contributed by atoms with Crippen LogP contribution >= 0.6 is 0 Å². The van der Waals surface area contributed by atoms with E-state index in [0.29, 0.717) is 6.10 Å². The second-order valence-electron chi connectivity index (χ2n) is 4.61. The average molecular weight is 236 g/mol. The van der Waals surface area contributed by atoms with E-state index in [2.05, 4.69) is 31.1 Å². The van der Waals surface area contributed by atoms with Crippen molar-refractivity contribution in [2.24, 2.45) is 0 Å². The van der Waals surface area contributed by atoms with E-state index in [1.807, 2.05) is 18.5 Å². The quantitative estimate of drug-likeness (QED) is 0.705. The molecule has 0 spiro atoms. The summed E-state index contributed by atoms with van der Waals surface area (Å²) in [5, 5.41) is 3.44. The van der Waals surface area contributed by atoms with Crippen molar-refractivity contribution in [2.45, 2.75) is 46.3 Å². The Hall–Kier alpha value is -0.930. The van der Waals surface area contributed by atoms with Crippen LogP contribution < -0.4 is 5.32 Å². The standard InChI is InChI=1S/C14H24N2O/c1-12(2)17-9-5-4-7-15-10-14-11-16-8-6-13(14)3/h6,8,11-12,15H,4-5,7,9-10H2,1-3H3. The average Bonchev–Trinajstić information content (AvgIpc) is 2.30. The van der Waals surface area contributed by atoms with Gasteiger partial charge in [-0.1, -0.05) is 0 Å². The summed E-state index contributed by atoms with van der Waals surface area (Å²) in [5.74, 6) is 0.